The van der Waals surface area contributed by atoms with E-state index in [1.165, 1.54) is 25.0 Å². The van der Waals surface area contributed by atoms with Crippen molar-refractivity contribution in [1.82, 2.24) is 5.32 Å². The molecule has 1 nitrogen and oxygen atoms in total. The van der Waals surface area contributed by atoms with Gasteiger partial charge in [-0.15, -0.1) is 0 Å². The zero-order chi connectivity index (χ0) is 14.5. The molecule has 0 radical (unpaired) electrons. The van der Waals surface area contributed by atoms with Crippen LogP contribution in [0.2, 0.25) is 0 Å². The Balaban J connectivity index is 2.17. The highest BCUT2D eigenvalue weighted by Gasteiger charge is 2.27. The molecule has 1 unspecified atom stereocenters. The largest absolute Gasteiger partial charge is 0.310 e. The topological polar surface area (TPSA) is 12.0 Å². The third kappa shape index (κ3) is 4.02. The average Bonchev–Trinajstić information content (AvgIpc) is 2.40. The Bertz CT molecular complexity index is 405. The van der Waals surface area contributed by atoms with E-state index in [0.717, 1.165) is 43.4 Å². The zero-order valence-corrected chi connectivity index (χ0v) is 12.5. The molecule has 3 heteroatoms. The Kier molecular flexibility index (Phi) is 5.53. The molecule has 0 heterocycles. The fourth-order valence-corrected chi connectivity index (χ4v) is 3.23. The summed E-state index contributed by atoms with van der Waals surface area (Å²) in [7, 11) is 0. The Hall–Kier alpha value is -0.960. The number of hydrogen-bond acceptors (Lipinski definition) is 1. The first-order valence-corrected chi connectivity index (χ1v) is 7.79. The molecule has 1 aromatic carbocycles. The molecule has 0 aliphatic heterocycles. The number of benzene rings is 1. The summed E-state index contributed by atoms with van der Waals surface area (Å²) < 4.78 is 26.9. The molecule has 1 fully saturated rings. The summed E-state index contributed by atoms with van der Waals surface area (Å²) in [5, 5.41) is 3.49. The number of hydrogen-bond donors (Lipinski definition) is 1. The van der Waals surface area contributed by atoms with Crippen LogP contribution >= 0.6 is 0 Å². The molecule has 20 heavy (non-hydrogen) atoms. The molecule has 1 aliphatic rings. The minimum Gasteiger partial charge on any atom is -0.310 e. The van der Waals surface area contributed by atoms with Crippen molar-refractivity contribution in [3.8, 4) is 0 Å². The molecular weight excluding hydrogens is 256 g/mol. The van der Waals surface area contributed by atoms with Crippen LogP contribution in [0.3, 0.4) is 0 Å². The maximum atomic E-state index is 13.5. The molecule has 0 spiro atoms. The molecule has 0 amide bonds. The van der Waals surface area contributed by atoms with E-state index in [0.29, 0.717) is 5.92 Å². The van der Waals surface area contributed by atoms with Crippen molar-refractivity contribution in [3.63, 3.8) is 0 Å². The second-order valence-electron chi connectivity index (χ2n) is 6.15. The van der Waals surface area contributed by atoms with E-state index in [4.69, 9.17) is 0 Å². The van der Waals surface area contributed by atoms with E-state index in [9.17, 15) is 8.78 Å². The van der Waals surface area contributed by atoms with Crippen molar-refractivity contribution in [2.24, 2.45) is 11.8 Å². The van der Waals surface area contributed by atoms with Crippen LogP contribution in [0.15, 0.2) is 18.2 Å². The highest BCUT2D eigenvalue weighted by atomic mass is 19.1. The van der Waals surface area contributed by atoms with E-state index in [1.807, 2.05) is 0 Å². The van der Waals surface area contributed by atoms with Crippen molar-refractivity contribution < 1.29 is 8.78 Å². The lowest BCUT2D eigenvalue weighted by atomic mass is 9.77. The van der Waals surface area contributed by atoms with Gasteiger partial charge in [-0.2, -0.15) is 0 Å². The van der Waals surface area contributed by atoms with Gasteiger partial charge >= 0.3 is 0 Å². The van der Waals surface area contributed by atoms with Gasteiger partial charge in [-0.25, -0.2) is 8.78 Å². The normalized spacial score (nSPS) is 24.6. The fraction of sp³-hybridized carbons (Fsp3) is 0.647. The van der Waals surface area contributed by atoms with Gasteiger partial charge < -0.3 is 5.32 Å². The van der Waals surface area contributed by atoms with Crippen LogP contribution in [0.1, 0.15) is 57.6 Å². The third-order valence-electron chi connectivity index (χ3n) is 4.39. The Labute approximate surface area is 120 Å². The summed E-state index contributed by atoms with van der Waals surface area (Å²) in [5.41, 5.74) is 0.760. The van der Waals surface area contributed by atoms with Crippen LogP contribution in [0.5, 0.6) is 0 Å². The molecule has 2 rings (SSSR count). The highest BCUT2D eigenvalue weighted by Crippen LogP contribution is 2.37. The first-order chi connectivity index (χ1) is 9.60. The summed E-state index contributed by atoms with van der Waals surface area (Å²) in [5.74, 6) is 0.307. The predicted molar refractivity (Wildman–Crippen MR) is 78.5 cm³/mol. The molecule has 112 valence electrons. The summed E-state index contributed by atoms with van der Waals surface area (Å²) in [6, 6.07) is 3.99. The van der Waals surface area contributed by atoms with E-state index in [-0.39, 0.29) is 6.04 Å². The van der Waals surface area contributed by atoms with Crippen LogP contribution in [0.25, 0.3) is 0 Å². The van der Waals surface area contributed by atoms with Gasteiger partial charge in [0.2, 0.25) is 0 Å². The van der Waals surface area contributed by atoms with Crippen molar-refractivity contribution in [2.75, 3.05) is 6.54 Å². The van der Waals surface area contributed by atoms with Crippen molar-refractivity contribution in [2.45, 2.75) is 52.0 Å². The van der Waals surface area contributed by atoms with E-state index >= 15 is 0 Å². The maximum Gasteiger partial charge on any atom is 0.126 e. The second-order valence-corrected chi connectivity index (χ2v) is 6.15. The number of nitrogens with one attached hydrogen (secondary N) is 1. The van der Waals surface area contributed by atoms with E-state index < -0.39 is 11.6 Å². The standard InChI is InChI=1S/C17H25F2N/c1-3-8-20-17(13-6-4-12(2)5-7-13)14-9-15(18)11-16(19)10-14/h9-13,17,20H,3-8H2,1-2H3. The Morgan fingerprint density at radius 2 is 1.70 bits per heavy atom. The summed E-state index contributed by atoms with van der Waals surface area (Å²) in [6.07, 6.45) is 5.73. The molecule has 1 atom stereocenters. The molecule has 0 saturated heterocycles. The predicted octanol–water partition coefficient (Wildman–Crippen LogP) is 4.83. The van der Waals surface area contributed by atoms with Gasteiger partial charge in [0, 0.05) is 12.1 Å². The Morgan fingerprint density at radius 1 is 1.10 bits per heavy atom. The number of rotatable bonds is 5. The van der Waals surface area contributed by atoms with Crippen LogP contribution in [-0.4, -0.2) is 6.54 Å². The van der Waals surface area contributed by atoms with Crippen LogP contribution in [0.4, 0.5) is 8.78 Å². The zero-order valence-electron chi connectivity index (χ0n) is 12.5. The van der Waals surface area contributed by atoms with E-state index in [1.54, 1.807) is 0 Å². The van der Waals surface area contributed by atoms with Crippen LogP contribution in [-0.2, 0) is 0 Å². The van der Waals surface area contributed by atoms with Crippen LogP contribution < -0.4 is 5.32 Å². The quantitative estimate of drug-likeness (QED) is 0.815. The first-order valence-electron chi connectivity index (χ1n) is 7.79. The van der Waals surface area contributed by atoms with Crippen molar-refractivity contribution >= 4 is 0 Å². The smallest absolute Gasteiger partial charge is 0.126 e. The average molecular weight is 281 g/mol. The highest BCUT2D eigenvalue weighted by molar-refractivity contribution is 5.22. The maximum absolute atomic E-state index is 13.5. The number of halogens is 2. The van der Waals surface area contributed by atoms with Gasteiger partial charge in [0.1, 0.15) is 11.6 Å². The molecule has 1 saturated carbocycles. The van der Waals surface area contributed by atoms with Gasteiger partial charge in [-0.1, -0.05) is 26.7 Å². The molecular formula is C17H25F2N. The monoisotopic (exact) mass is 281 g/mol. The summed E-state index contributed by atoms with van der Waals surface area (Å²) >= 11 is 0. The minimum atomic E-state index is -0.479. The lowest BCUT2D eigenvalue weighted by molar-refractivity contribution is 0.231. The molecule has 0 aromatic heterocycles. The minimum absolute atomic E-state index is 0.0765. The lowest BCUT2D eigenvalue weighted by Crippen LogP contribution is -2.31. The van der Waals surface area contributed by atoms with Gasteiger partial charge in [0.15, 0.2) is 0 Å². The van der Waals surface area contributed by atoms with Gasteiger partial charge in [0.25, 0.3) is 0 Å². The molecule has 0 bridgehead atoms. The second kappa shape index (κ2) is 7.16. The molecule has 1 aromatic rings. The Morgan fingerprint density at radius 3 is 2.25 bits per heavy atom. The summed E-state index contributed by atoms with van der Waals surface area (Å²) in [4.78, 5) is 0. The van der Waals surface area contributed by atoms with Gasteiger partial charge in [-0.05, 0) is 55.3 Å². The SMILES string of the molecule is CCCNC(c1cc(F)cc(F)c1)C1CCC(C)CC1. The van der Waals surface area contributed by atoms with Crippen LogP contribution in [0, 0.1) is 23.5 Å². The van der Waals surface area contributed by atoms with Crippen molar-refractivity contribution in [1.29, 1.82) is 0 Å². The van der Waals surface area contributed by atoms with Gasteiger partial charge in [-0.3, -0.25) is 0 Å². The van der Waals surface area contributed by atoms with E-state index in [2.05, 4.69) is 19.2 Å². The molecule has 1 N–H and O–H groups in total. The van der Waals surface area contributed by atoms with Crippen molar-refractivity contribution in [3.05, 3.63) is 35.4 Å². The first kappa shape index (κ1) is 15.4. The summed E-state index contributed by atoms with van der Waals surface area (Å²) in [6.45, 7) is 5.28. The lowest BCUT2D eigenvalue weighted by Gasteiger charge is -2.33. The fourth-order valence-electron chi connectivity index (χ4n) is 3.23. The molecule has 1 aliphatic carbocycles. The third-order valence-corrected chi connectivity index (χ3v) is 4.39. The van der Waals surface area contributed by atoms with Gasteiger partial charge in [0.05, 0.1) is 0 Å².